The van der Waals surface area contributed by atoms with Gasteiger partial charge in [-0.05, 0) is 37.9 Å². The van der Waals surface area contributed by atoms with Crippen LogP contribution in [0.4, 0.5) is 4.39 Å². The molecule has 0 aliphatic carbocycles. The molecular formula is C17H33FO2S. The summed E-state index contributed by atoms with van der Waals surface area (Å²) >= 11 is 1.65. The number of thioether (sulfide) groups is 1. The fourth-order valence-corrected chi connectivity index (χ4v) is 3.29. The number of hydrogen-bond donors (Lipinski definition) is 0. The maximum Gasteiger partial charge on any atom is 0.319 e. The summed E-state index contributed by atoms with van der Waals surface area (Å²) < 4.78 is 18.7. The molecule has 0 fully saturated rings. The summed E-state index contributed by atoms with van der Waals surface area (Å²) in [6.07, 6.45) is 7.46. The first-order valence-electron chi connectivity index (χ1n) is 8.57. The predicted molar refractivity (Wildman–Crippen MR) is 90.7 cm³/mol. The zero-order chi connectivity index (χ0) is 15.9. The van der Waals surface area contributed by atoms with E-state index in [4.69, 9.17) is 4.74 Å². The Morgan fingerprint density at radius 3 is 2.38 bits per heavy atom. The smallest absolute Gasteiger partial charge is 0.319 e. The van der Waals surface area contributed by atoms with Crippen LogP contribution in [-0.4, -0.2) is 29.8 Å². The number of unbranched alkanes of at least 4 members (excludes halogenated alkanes) is 2. The normalized spacial score (nSPS) is 13.9. The van der Waals surface area contributed by atoms with Crippen LogP contribution in [0, 0.1) is 0 Å². The third-order valence-corrected chi connectivity index (χ3v) is 4.72. The monoisotopic (exact) mass is 320 g/mol. The third kappa shape index (κ3) is 12.0. The molecular weight excluding hydrogens is 287 g/mol. The van der Waals surface area contributed by atoms with E-state index in [-0.39, 0.29) is 11.2 Å². The molecule has 126 valence electrons. The van der Waals surface area contributed by atoms with E-state index in [0.29, 0.717) is 19.4 Å². The molecule has 0 spiro atoms. The maximum atomic E-state index is 13.4. The van der Waals surface area contributed by atoms with E-state index in [9.17, 15) is 9.18 Å². The Bertz CT molecular complexity index is 249. The van der Waals surface area contributed by atoms with Gasteiger partial charge in [-0.2, -0.15) is 0 Å². The molecule has 0 saturated carbocycles. The Kier molecular flexibility index (Phi) is 14.5. The van der Waals surface area contributed by atoms with Gasteiger partial charge in [0.15, 0.2) is 0 Å². The van der Waals surface area contributed by atoms with Crippen LogP contribution in [0.25, 0.3) is 0 Å². The van der Waals surface area contributed by atoms with Crippen molar-refractivity contribution in [1.82, 2.24) is 0 Å². The van der Waals surface area contributed by atoms with Crippen molar-refractivity contribution in [2.75, 3.05) is 12.4 Å². The van der Waals surface area contributed by atoms with Gasteiger partial charge < -0.3 is 4.74 Å². The number of alkyl halides is 1. The Morgan fingerprint density at radius 1 is 1.00 bits per heavy atom. The van der Waals surface area contributed by atoms with Gasteiger partial charge in [0.25, 0.3) is 0 Å². The lowest BCUT2D eigenvalue weighted by atomic mass is 10.1. The SMILES string of the molecule is CCCCCC(SCCCC(F)CCC)C(=O)OCCC. The summed E-state index contributed by atoms with van der Waals surface area (Å²) in [5, 5.41) is -0.0627. The van der Waals surface area contributed by atoms with Gasteiger partial charge in [0.2, 0.25) is 0 Å². The molecule has 4 heteroatoms. The molecule has 2 unspecified atom stereocenters. The van der Waals surface area contributed by atoms with E-state index in [1.165, 1.54) is 0 Å². The van der Waals surface area contributed by atoms with Gasteiger partial charge in [0, 0.05) is 0 Å². The lowest BCUT2D eigenvalue weighted by Gasteiger charge is -2.15. The highest BCUT2D eigenvalue weighted by molar-refractivity contribution is 8.00. The summed E-state index contributed by atoms with van der Waals surface area (Å²) in [4.78, 5) is 12.0. The first-order valence-corrected chi connectivity index (χ1v) is 9.62. The van der Waals surface area contributed by atoms with Crippen molar-refractivity contribution in [2.45, 2.75) is 90.0 Å². The number of halogens is 1. The molecule has 0 aromatic rings. The minimum atomic E-state index is -0.679. The maximum absolute atomic E-state index is 13.4. The third-order valence-electron chi connectivity index (χ3n) is 3.36. The molecule has 0 amide bonds. The number of hydrogen-bond acceptors (Lipinski definition) is 3. The van der Waals surface area contributed by atoms with Crippen LogP contribution >= 0.6 is 11.8 Å². The van der Waals surface area contributed by atoms with Crippen LogP contribution in [0.3, 0.4) is 0 Å². The Balaban J connectivity index is 3.99. The number of ether oxygens (including phenoxy) is 1. The summed E-state index contributed by atoms with van der Waals surface area (Å²) in [7, 11) is 0. The topological polar surface area (TPSA) is 26.3 Å². The zero-order valence-corrected chi connectivity index (χ0v) is 14.9. The van der Waals surface area contributed by atoms with Crippen molar-refractivity contribution < 1.29 is 13.9 Å². The van der Waals surface area contributed by atoms with Gasteiger partial charge in [0.05, 0.1) is 6.61 Å². The highest BCUT2D eigenvalue weighted by Crippen LogP contribution is 2.22. The lowest BCUT2D eigenvalue weighted by molar-refractivity contribution is -0.143. The van der Waals surface area contributed by atoms with Crippen molar-refractivity contribution >= 4 is 17.7 Å². The fourth-order valence-electron chi connectivity index (χ4n) is 2.13. The second kappa shape index (κ2) is 14.7. The van der Waals surface area contributed by atoms with Crippen LogP contribution in [0.5, 0.6) is 0 Å². The second-order valence-electron chi connectivity index (χ2n) is 5.55. The van der Waals surface area contributed by atoms with Crippen molar-refractivity contribution in [3.05, 3.63) is 0 Å². The average molecular weight is 321 g/mol. The van der Waals surface area contributed by atoms with Gasteiger partial charge in [-0.15, -0.1) is 11.8 Å². The molecule has 0 bridgehead atoms. The average Bonchev–Trinajstić information content (AvgIpc) is 2.47. The van der Waals surface area contributed by atoms with Gasteiger partial charge in [0.1, 0.15) is 11.4 Å². The fraction of sp³-hybridized carbons (Fsp3) is 0.941. The largest absolute Gasteiger partial charge is 0.465 e. The molecule has 0 rings (SSSR count). The van der Waals surface area contributed by atoms with E-state index < -0.39 is 6.17 Å². The minimum absolute atomic E-state index is 0.0627. The molecule has 0 aromatic heterocycles. The summed E-state index contributed by atoms with van der Waals surface area (Å²) in [6.45, 7) is 6.68. The van der Waals surface area contributed by atoms with E-state index >= 15 is 0 Å². The van der Waals surface area contributed by atoms with Crippen molar-refractivity contribution in [3.8, 4) is 0 Å². The van der Waals surface area contributed by atoms with E-state index in [0.717, 1.165) is 50.7 Å². The molecule has 2 nitrogen and oxygen atoms in total. The molecule has 0 heterocycles. The Morgan fingerprint density at radius 2 is 1.76 bits per heavy atom. The van der Waals surface area contributed by atoms with E-state index in [1.807, 2.05) is 13.8 Å². The van der Waals surface area contributed by atoms with Gasteiger partial charge in [-0.25, -0.2) is 4.39 Å². The number of carbonyl (C=O) groups excluding carboxylic acids is 1. The molecule has 0 aliphatic heterocycles. The molecule has 0 aromatic carbocycles. The minimum Gasteiger partial charge on any atom is -0.465 e. The molecule has 0 aliphatic rings. The Hall–Kier alpha value is -0.250. The predicted octanol–water partition coefficient (Wildman–Crippen LogP) is 5.54. The van der Waals surface area contributed by atoms with Gasteiger partial charge in [-0.3, -0.25) is 4.79 Å². The van der Waals surface area contributed by atoms with Crippen LogP contribution in [0.1, 0.15) is 78.6 Å². The van der Waals surface area contributed by atoms with Crippen LogP contribution < -0.4 is 0 Å². The van der Waals surface area contributed by atoms with E-state index in [2.05, 4.69) is 6.92 Å². The summed E-state index contributed by atoms with van der Waals surface area (Å²) in [6, 6.07) is 0. The van der Waals surface area contributed by atoms with Gasteiger partial charge in [-0.1, -0.05) is 46.5 Å². The second-order valence-corrected chi connectivity index (χ2v) is 6.86. The van der Waals surface area contributed by atoms with Gasteiger partial charge >= 0.3 is 5.97 Å². The molecule has 0 saturated heterocycles. The zero-order valence-electron chi connectivity index (χ0n) is 14.0. The molecule has 2 atom stereocenters. The quantitative estimate of drug-likeness (QED) is 0.310. The summed E-state index contributed by atoms with van der Waals surface area (Å²) in [5.41, 5.74) is 0. The van der Waals surface area contributed by atoms with Crippen LogP contribution in [0.15, 0.2) is 0 Å². The first kappa shape index (κ1) is 20.8. The van der Waals surface area contributed by atoms with Crippen molar-refractivity contribution in [2.24, 2.45) is 0 Å². The highest BCUT2D eigenvalue weighted by Gasteiger charge is 2.20. The Labute approximate surface area is 134 Å². The number of esters is 1. The highest BCUT2D eigenvalue weighted by atomic mass is 32.2. The molecule has 21 heavy (non-hydrogen) atoms. The number of carbonyl (C=O) groups is 1. The first-order chi connectivity index (χ1) is 10.2. The number of rotatable bonds is 14. The standard InChI is InChI=1S/C17H33FO2S/c1-4-7-8-12-16(17(19)20-13-6-3)21-14-9-11-15(18)10-5-2/h15-16H,4-14H2,1-3H3. The summed E-state index contributed by atoms with van der Waals surface area (Å²) in [5.74, 6) is 0.769. The van der Waals surface area contributed by atoms with Crippen molar-refractivity contribution in [3.63, 3.8) is 0 Å². The molecule has 0 N–H and O–H groups in total. The van der Waals surface area contributed by atoms with Crippen molar-refractivity contribution in [1.29, 1.82) is 0 Å². The van der Waals surface area contributed by atoms with Crippen LogP contribution in [0.2, 0.25) is 0 Å². The molecule has 0 radical (unpaired) electrons. The lowest BCUT2D eigenvalue weighted by Crippen LogP contribution is -2.21. The van der Waals surface area contributed by atoms with Crippen LogP contribution in [-0.2, 0) is 9.53 Å². The van der Waals surface area contributed by atoms with E-state index in [1.54, 1.807) is 11.8 Å².